The molecule has 0 aliphatic carbocycles. The van der Waals surface area contributed by atoms with Gasteiger partial charge in [0.25, 0.3) is 0 Å². The zero-order valence-electron chi connectivity index (χ0n) is 23.3. The minimum Gasteiger partial charge on any atom is -0.168 e. The molecule has 194 valence electrons. The fourth-order valence-corrected chi connectivity index (χ4v) is 5.83. The van der Waals surface area contributed by atoms with Crippen LogP contribution in [0.15, 0.2) is 146 Å². The van der Waals surface area contributed by atoms with Gasteiger partial charge >= 0.3 is 99.2 Å². The summed E-state index contributed by atoms with van der Waals surface area (Å²) in [4.78, 5) is 0. The van der Waals surface area contributed by atoms with Crippen molar-refractivity contribution in [1.29, 1.82) is 0 Å². The van der Waals surface area contributed by atoms with Gasteiger partial charge in [0.1, 0.15) is 0 Å². The number of fused-ring (bicyclic) bond motifs is 4. The van der Waals surface area contributed by atoms with E-state index in [9.17, 15) is 0 Å². The van der Waals surface area contributed by atoms with Crippen LogP contribution >= 0.6 is 0 Å². The molecule has 0 spiro atoms. The van der Waals surface area contributed by atoms with Crippen LogP contribution in [0.5, 0.6) is 0 Å². The standard InChI is InChI=1S/C17H17.C13H10.C9H7.Zr/c1-3-12-5-7-16-14(9-12)11-15-10-13(4-2)6-8-17(15)16;1-3-7-12(8-4-1)11-13-9-5-2-6-10-13;1-2-5-9-7-3-6-8(9)4-1;/h5-11H,3-4H2,1-2H3;1-10H;1-7H;/q-1;;-1;+2. The van der Waals surface area contributed by atoms with Gasteiger partial charge in [0.2, 0.25) is 0 Å². The zero-order chi connectivity index (χ0) is 27.7. The molecule has 0 heterocycles. The van der Waals surface area contributed by atoms with Crippen LogP contribution < -0.4 is 0 Å². The molecule has 0 radical (unpaired) electrons. The van der Waals surface area contributed by atoms with Gasteiger partial charge in [-0.3, -0.25) is 0 Å². The minimum absolute atomic E-state index is 1.11. The van der Waals surface area contributed by atoms with Crippen LogP contribution in [0, 0.1) is 0 Å². The summed E-state index contributed by atoms with van der Waals surface area (Å²) < 4.78 is 1.42. The van der Waals surface area contributed by atoms with Crippen molar-refractivity contribution in [1.82, 2.24) is 0 Å². The van der Waals surface area contributed by atoms with E-state index in [-0.39, 0.29) is 0 Å². The summed E-state index contributed by atoms with van der Waals surface area (Å²) in [6.45, 7) is 4.41. The summed E-state index contributed by atoms with van der Waals surface area (Å²) >= 11 is 1.46. The first kappa shape index (κ1) is 27.9. The van der Waals surface area contributed by atoms with Crippen LogP contribution in [0.1, 0.15) is 36.1 Å². The molecule has 1 heteroatoms. The predicted octanol–water partition coefficient (Wildman–Crippen LogP) is 10.2. The van der Waals surface area contributed by atoms with E-state index in [2.05, 4.69) is 159 Å². The van der Waals surface area contributed by atoms with Crippen LogP contribution in [0.4, 0.5) is 0 Å². The Balaban J connectivity index is 0.000000127. The second-order valence-corrected chi connectivity index (χ2v) is 11.2. The fraction of sp³-hybridized carbons (Fsp3) is 0.103. The van der Waals surface area contributed by atoms with E-state index in [0.29, 0.717) is 0 Å². The molecule has 0 bridgehead atoms. The number of hydrogen-bond acceptors (Lipinski definition) is 0. The molecule has 40 heavy (non-hydrogen) atoms. The van der Waals surface area contributed by atoms with Gasteiger partial charge in [0, 0.05) is 0 Å². The molecule has 0 unspecified atom stereocenters. The Hall–Kier alpha value is -3.67. The second-order valence-electron chi connectivity index (χ2n) is 9.96. The fourth-order valence-electron chi connectivity index (χ4n) is 5.01. The van der Waals surface area contributed by atoms with E-state index in [1.165, 1.54) is 82.0 Å². The molecule has 7 aromatic rings. The van der Waals surface area contributed by atoms with Gasteiger partial charge in [-0.15, -0.1) is 69.4 Å². The summed E-state index contributed by atoms with van der Waals surface area (Å²) in [5, 5.41) is 8.20. The predicted molar refractivity (Wildman–Crippen MR) is 171 cm³/mol. The van der Waals surface area contributed by atoms with Gasteiger partial charge < -0.3 is 0 Å². The first-order valence-corrected chi connectivity index (χ1v) is 15.3. The van der Waals surface area contributed by atoms with Crippen molar-refractivity contribution in [3.8, 4) is 0 Å². The normalized spacial score (nSPS) is 10.6. The Morgan fingerprint density at radius 3 is 1.55 bits per heavy atom. The van der Waals surface area contributed by atoms with E-state index in [4.69, 9.17) is 0 Å². The quantitative estimate of drug-likeness (QED) is 0.178. The molecule has 0 fully saturated rings. The maximum atomic E-state index is 2.32. The summed E-state index contributed by atoms with van der Waals surface area (Å²) in [7, 11) is 0. The third-order valence-electron chi connectivity index (χ3n) is 7.32. The van der Waals surface area contributed by atoms with E-state index < -0.39 is 0 Å². The number of aryl methyl sites for hydroxylation is 2. The third-order valence-corrected chi connectivity index (χ3v) is 8.74. The molecule has 7 rings (SSSR count). The maximum absolute atomic E-state index is 2.32. The van der Waals surface area contributed by atoms with Crippen molar-refractivity contribution >= 4 is 35.5 Å². The van der Waals surface area contributed by atoms with Gasteiger partial charge in [-0.1, -0.05) is 55.3 Å². The third kappa shape index (κ3) is 6.72. The molecule has 0 saturated heterocycles. The van der Waals surface area contributed by atoms with Crippen LogP contribution in [0.3, 0.4) is 0 Å². The van der Waals surface area contributed by atoms with E-state index in [0.717, 1.165) is 12.8 Å². The van der Waals surface area contributed by atoms with Crippen molar-refractivity contribution in [2.45, 2.75) is 26.7 Å². The molecule has 0 aliphatic heterocycles. The smallest absolute Gasteiger partial charge is 0.0809 e. The van der Waals surface area contributed by atoms with Gasteiger partial charge in [-0.05, 0) is 12.8 Å². The van der Waals surface area contributed by atoms with Gasteiger partial charge in [-0.25, -0.2) is 0 Å². The van der Waals surface area contributed by atoms with Gasteiger partial charge in [-0.2, -0.15) is 17.5 Å². The summed E-state index contributed by atoms with van der Waals surface area (Å²) in [6, 6.07) is 51.8. The SMILES string of the molecule is CCc1ccc2c(c1)[cH-]c1cc(CC)ccc12.[Zr+2]=[C](c1ccccc1)c1ccccc1.c1ccc2[cH-]ccc2c1. The maximum Gasteiger partial charge on any atom is -0.0809 e. The van der Waals surface area contributed by atoms with Crippen molar-refractivity contribution in [2.75, 3.05) is 0 Å². The Morgan fingerprint density at radius 2 is 1.05 bits per heavy atom. The van der Waals surface area contributed by atoms with E-state index in [1.54, 1.807) is 0 Å². The van der Waals surface area contributed by atoms with Crippen molar-refractivity contribution in [3.05, 3.63) is 168 Å². The first-order valence-electron chi connectivity index (χ1n) is 14.1. The summed E-state index contributed by atoms with van der Waals surface area (Å²) in [5.41, 5.74) is 5.50. The summed E-state index contributed by atoms with van der Waals surface area (Å²) in [6.07, 6.45) is 2.22. The molecule has 0 aliphatic rings. The topological polar surface area (TPSA) is 0 Å². The minimum atomic E-state index is 1.11. The molecular formula is C39H34Zr. The molecule has 0 aromatic heterocycles. The summed E-state index contributed by atoms with van der Waals surface area (Å²) in [5.74, 6) is 0. The van der Waals surface area contributed by atoms with E-state index in [1.807, 2.05) is 0 Å². The Morgan fingerprint density at radius 1 is 0.550 bits per heavy atom. The number of rotatable bonds is 4. The molecule has 0 atom stereocenters. The molecule has 0 saturated carbocycles. The van der Waals surface area contributed by atoms with Gasteiger partial charge in [0.15, 0.2) is 0 Å². The molecular weight excluding hydrogens is 560 g/mol. The zero-order valence-corrected chi connectivity index (χ0v) is 25.7. The average molecular weight is 594 g/mol. The Bertz CT molecular complexity index is 1690. The monoisotopic (exact) mass is 592 g/mol. The Labute approximate surface area is 253 Å². The van der Waals surface area contributed by atoms with Crippen LogP contribution in [0.2, 0.25) is 0 Å². The van der Waals surface area contributed by atoms with Crippen LogP contribution in [0.25, 0.3) is 32.3 Å². The molecule has 0 nitrogen and oxygen atoms in total. The van der Waals surface area contributed by atoms with E-state index >= 15 is 0 Å². The largest absolute Gasteiger partial charge is 0.168 e. The molecule has 0 amide bonds. The molecule has 7 aromatic carbocycles. The van der Waals surface area contributed by atoms with Crippen molar-refractivity contribution in [3.63, 3.8) is 0 Å². The average Bonchev–Trinajstić information content (AvgIpc) is 3.66. The number of benzene rings is 5. The number of hydrogen-bond donors (Lipinski definition) is 0. The van der Waals surface area contributed by atoms with Crippen LogP contribution in [-0.2, 0) is 37.1 Å². The first-order chi connectivity index (χ1) is 19.7. The van der Waals surface area contributed by atoms with Crippen LogP contribution in [-0.4, -0.2) is 3.21 Å². The second kappa shape index (κ2) is 13.6. The Kier molecular flexibility index (Phi) is 9.48. The molecule has 0 N–H and O–H groups in total. The van der Waals surface area contributed by atoms with Crippen molar-refractivity contribution in [2.24, 2.45) is 0 Å². The van der Waals surface area contributed by atoms with Gasteiger partial charge in [0.05, 0.1) is 0 Å². The van der Waals surface area contributed by atoms with Crippen molar-refractivity contribution < 1.29 is 24.2 Å².